The molecule has 1 saturated carbocycles. The second kappa shape index (κ2) is 6.87. The van der Waals surface area contributed by atoms with Gasteiger partial charge in [0, 0.05) is 6.54 Å². The van der Waals surface area contributed by atoms with Crippen molar-refractivity contribution in [2.45, 2.75) is 31.1 Å². The first-order valence-corrected chi connectivity index (χ1v) is 6.43. The number of nitrogens with two attached hydrogens (primary N) is 1. The minimum absolute atomic E-state index is 0. The van der Waals surface area contributed by atoms with E-state index in [4.69, 9.17) is 5.73 Å². The monoisotopic (exact) mass is 286 g/mol. The number of carbonyl (C=O) groups is 1. The SMILES string of the molecule is Cl.NCCCNC(=O)C1(c2cccc(F)c2)CCC1. The average molecular weight is 287 g/mol. The summed E-state index contributed by atoms with van der Waals surface area (Å²) in [7, 11) is 0. The van der Waals surface area contributed by atoms with Gasteiger partial charge < -0.3 is 11.1 Å². The first kappa shape index (κ1) is 15.9. The highest BCUT2D eigenvalue weighted by Gasteiger charge is 2.45. The zero-order valence-electron chi connectivity index (χ0n) is 10.8. The molecular formula is C14H20ClFN2O. The Balaban J connectivity index is 0.00000180. The molecular weight excluding hydrogens is 267 g/mol. The van der Waals surface area contributed by atoms with Gasteiger partial charge in [-0.05, 0) is 43.5 Å². The Morgan fingerprint density at radius 2 is 2.16 bits per heavy atom. The molecule has 1 amide bonds. The maximum absolute atomic E-state index is 13.3. The van der Waals surface area contributed by atoms with Crippen LogP contribution in [0.4, 0.5) is 4.39 Å². The minimum Gasteiger partial charge on any atom is -0.355 e. The fourth-order valence-corrected chi connectivity index (χ4v) is 2.44. The maximum Gasteiger partial charge on any atom is 0.230 e. The summed E-state index contributed by atoms with van der Waals surface area (Å²) in [4.78, 5) is 12.3. The van der Waals surface area contributed by atoms with Gasteiger partial charge in [0.25, 0.3) is 0 Å². The van der Waals surface area contributed by atoms with E-state index in [1.54, 1.807) is 6.07 Å². The lowest BCUT2D eigenvalue weighted by Gasteiger charge is -2.40. The number of nitrogens with one attached hydrogen (secondary N) is 1. The highest BCUT2D eigenvalue weighted by molar-refractivity contribution is 5.89. The van der Waals surface area contributed by atoms with Crippen LogP contribution in [0.2, 0.25) is 0 Å². The van der Waals surface area contributed by atoms with Crippen LogP contribution >= 0.6 is 12.4 Å². The molecule has 1 fully saturated rings. The molecule has 3 N–H and O–H groups in total. The fourth-order valence-electron chi connectivity index (χ4n) is 2.44. The fraction of sp³-hybridized carbons (Fsp3) is 0.500. The van der Waals surface area contributed by atoms with Gasteiger partial charge in [-0.25, -0.2) is 4.39 Å². The number of hydrogen-bond acceptors (Lipinski definition) is 2. The number of carbonyl (C=O) groups excluding carboxylic acids is 1. The van der Waals surface area contributed by atoms with Gasteiger partial charge in [0.05, 0.1) is 5.41 Å². The quantitative estimate of drug-likeness (QED) is 0.815. The zero-order chi connectivity index (χ0) is 13.0. The van der Waals surface area contributed by atoms with Crippen LogP contribution in [-0.2, 0) is 10.2 Å². The normalized spacial score (nSPS) is 16.1. The molecule has 0 spiro atoms. The van der Waals surface area contributed by atoms with Crippen LogP contribution in [0, 0.1) is 5.82 Å². The first-order valence-electron chi connectivity index (χ1n) is 6.43. The van der Waals surface area contributed by atoms with Gasteiger partial charge in [0.15, 0.2) is 0 Å². The summed E-state index contributed by atoms with van der Waals surface area (Å²) in [6, 6.07) is 6.38. The standard InChI is InChI=1S/C14H19FN2O.ClH/c15-12-5-1-4-11(10-12)14(6-2-7-14)13(18)17-9-3-8-16;/h1,4-5,10H,2-3,6-9,16H2,(H,17,18);1H. The van der Waals surface area contributed by atoms with Crippen molar-refractivity contribution in [1.29, 1.82) is 0 Å². The van der Waals surface area contributed by atoms with Crippen molar-refractivity contribution < 1.29 is 9.18 Å². The van der Waals surface area contributed by atoms with Gasteiger partial charge in [-0.1, -0.05) is 18.6 Å². The molecule has 0 unspecified atom stereocenters. The van der Waals surface area contributed by atoms with Crippen molar-refractivity contribution in [2.75, 3.05) is 13.1 Å². The Labute approximate surface area is 119 Å². The van der Waals surface area contributed by atoms with E-state index in [2.05, 4.69) is 5.32 Å². The van der Waals surface area contributed by atoms with Gasteiger partial charge in [0.1, 0.15) is 5.82 Å². The molecule has 0 aliphatic heterocycles. The number of amides is 1. The van der Waals surface area contributed by atoms with E-state index in [1.807, 2.05) is 6.07 Å². The van der Waals surface area contributed by atoms with Crippen molar-refractivity contribution in [3.8, 4) is 0 Å². The van der Waals surface area contributed by atoms with Gasteiger partial charge in [-0.3, -0.25) is 4.79 Å². The van der Waals surface area contributed by atoms with Crippen LogP contribution in [0.15, 0.2) is 24.3 Å². The predicted molar refractivity (Wildman–Crippen MR) is 75.9 cm³/mol. The summed E-state index contributed by atoms with van der Waals surface area (Å²) >= 11 is 0. The molecule has 0 aromatic heterocycles. The van der Waals surface area contributed by atoms with E-state index in [0.29, 0.717) is 13.1 Å². The number of halogens is 2. The molecule has 3 nitrogen and oxygen atoms in total. The van der Waals surface area contributed by atoms with Crippen molar-refractivity contribution in [1.82, 2.24) is 5.32 Å². The van der Waals surface area contributed by atoms with Crippen LogP contribution in [0.25, 0.3) is 0 Å². The Morgan fingerprint density at radius 1 is 1.42 bits per heavy atom. The average Bonchev–Trinajstić information content (AvgIpc) is 2.28. The molecule has 0 saturated heterocycles. The number of benzene rings is 1. The molecule has 0 atom stereocenters. The Hall–Kier alpha value is -1.13. The molecule has 1 aliphatic rings. The second-order valence-corrected chi connectivity index (χ2v) is 4.84. The summed E-state index contributed by atoms with van der Waals surface area (Å²) in [6.07, 6.45) is 3.38. The summed E-state index contributed by atoms with van der Waals surface area (Å²) in [5, 5.41) is 2.90. The second-order valence-electron chi connectivity index (χ2n) is 4.84. The largest absolute Gasteiger partial charge is 0.355 e. The molecule has 1 aromatic carbocycles. The Bertz CT molecular complexity index is 435. The maximum atomic E-state index is 13.3. The lowest BCUT2D eigenvalue weighted by molar-refractivity contribution is -0.129. The summed E-state index contributed by atoms with van der Waals surface area (Å²) in [5.41, 5.74) is 5.67. The third-order valence-electron chi connectivity index (χ3n) is 3.69. The van der Waals surface area contributed by atoms with E-state index in [-0.39, 0.29) is 24.1 Å². The topological polar surface area (TPSA) is 55.1 Å². The third-order valence-corrected chi connectivity index (χ3v) is 3.69. The highest BCUT2D eigenvalue weighted by atomic mass is 35.5. The van der Waals surface area contributed by atoms with Gasteiger partial charge in [-0.2, -0.15) is 0 Å². The van der Waals surface area contributed by atoms with Gasteiger partial charge in [-0.15, -0.1) is 12.4 Å². The van der Waals surface area contributed by atoms with Crippen LogP contribution in [0.1, 0.15) is 31.2 Å². The summed E-state index contributed by atoms with van der Waals surface area (Å²) in [6.45, 7) is 1.15. The first-order chi connectivity index (χ1) is 8.69. The Kier molecular flexibility index (Phi) is 5.76. The van der Waals surface area contributed by atoms with Crippen LogP contribution in [-0.4, -0.2) is 19.0 Å². The van der Waals surface area contributed by atoms with Crippen LogP contribution < -0.4 is 11.1 Å². The molecule has 0 heterocycles. The lowest BCUT2D eigenvalue weighted by atomic mass is 9.64. The molecule has 19 heavy (non-hydrogen) atoms. The molecule has 2 rings (SSSR count). The van der Waals surface area contributed by atoms with Gasteiger partial charge >= 0.3 is 0 Å². The number of rotatable bonds is 5. The molecule has 1 aliphatic carbocycles. The van der Waals surface area contributed by atoms with Crippen LogP contribution in [0.3, 0.4) is 0 Å². The van der Waals surface area contributed by atoms with Crippen LogP contribution in [0.5, 0.6) is 0 Å². The number of hydrogen-bond donors (Lipinski definition) is 2. The van der Waals surface area contributed by atoms with Gasteiger partial charge in [0.2, 0.25) is 5.91 Å². The molecule has 5 heteroatoms. The zero-order valence-corrected chi connectivity index (χ0v) is 11.6. The van der Waals surface area contributed by atoms with Crippen molar-refractivity contribution in [2.24, 2.45) is 5.73 Å². The Morgan fingerprint density at radius 3 is 2.68 bits per heavy atom. The van der Waals surface area contributed by atoms with E-state index in [1.165, 1.54) is 12.1 Å². The van der Waals surface area contributed by atoms with Crippen molar-refractivity contribution in [3.05, 3.63) is 35.6 Å². The molecule has 0 radical (unpaired) electrons. The molecule has 0 bridgehead atoms. The predicted octanol–water partition coefficient (Wildman–Crippen LogP) is 2.13. The van der Waals surface area contributed by atoms with E-state index < -0.39 is 5.41 Å². The third kappa shape index (κ3) is 3.25. The summed E-state index contributed by atoms with van der Waals surface area (Å²) in [5.74, 6) is -0.277. The highest BCUT2D eigenvalue weighted by Crippen LogP contribution is 2.44. The van der Waals surface area contributed by atoms with Crippen molar-refractivity contribution >= 4 is 18.3 Å². The molecule has 1 aromatic rings. The lowest BCUT2D eigenvalue weighted by Crippen LogP contribution is -2.49. The molecule has 106 valence electrons. The summed E-state index contributed by atoms with van der Waals surface area (Å²) < 4.78 is 13.3. The van der Waals surface area contributed by atoms with E-state index in [0.717, 1.165) is 31.2 Å². The van der Waals surface area contributed by atoms with Crippen molar-refractivity contribution in [3.63, 3.8) is 0 Å². The van der Waals surface area contributed by atoms with E-state index in [9.17, 15) is 9.18 Å². The van der Waals surface area contributed by atoms with E-state index >= 15 is 0 Å². The minimum atomic E-state index is -0.517. The smallest absolute Gasteiger partial charge is 0.230 e.